The van der Waals surface area contributed by atoms with Crippen LogP contribution < -0.4 is 10.1 Å². The number of rotatable bonds is 4. The van der Waals surface area contributed by atoms with E-state index >= 15 is 0 Å². The van der Waals surface area contributed by atoms with E-state index in [-0.39, 0.29) is 0 Å². The highest BCUT2D eigenvalue weighted by molar-refractivity contribution is 7.14. The molecule has 21 heavy (non-hydrogen) atoms. The highest BCUT2D eigenvalue weighted by Gasteiger charge is 2.20. The Labute approximate surface area is 127 Å². The average Bonchev–Trinajstić information content (AvgIpc) is 2.86. The highest BCUT2D eigenvalue weighted by atomic mass is 32.1. The van der Waals surface area contributed by atoms with Crippen LogP contribution >= 0.6 is 11.3 Å². The molecule has 1 aromatic heterocycles. The largest absolute Gasteiger partial charge is 0.497 e. The Morgan fingerprint density at radius 3 is 2.48 bits per heavy atom. The van der Waals surface area contributed by atoms with Crippen LogP contribution in [0.1, 0.15) is 31.3 Å². The molecule has 0 aliphatic carbocycles. The third-order valence-electron chi connectivity index (χ3n) is 2.45. The van der Waals surface area contributed by atoms with Gasteiger partial charge in [0.05, 0.1) is 7.11 Å². The van der Waals surface area contributed by atoms with E-state index in [2.05, 4.69) is 10.3 Å². The van der Waals surface area contributed by atoms with Gasteiger partial charge in [-0.1, -0.05) is 0 Å². The summed E-state index contributed by atoms with van der Waals surface area (Å²) in [6, 6.07) is 7.47. The lowest BCUT2D eigenvalue weighted by Crippen LogP contribution is -2.24. The molecule has 0 spiro atoms. The fourth-order valence-corrected chi connectivity index (χ4v) is 2.25. The van der Waals surface area contributed by atoms with Crippen molar-refractivity contribution in [2.45, 2.75) is 26.4 Å². The molecule has 0 saturated heterocycles. The van der Waals surface area contributed by atoms with Crippen molar-refractivity contribution in [1.29, 1.82) is 0 Å². The van der Waals surface area contributed by atoms with Crippen molar-refractivity contribution in [1.82, 2.24) is 4.98 Å². The second-order valence-corrected chi connectivity index (χ2v) is 6.25. The Hall–Kier alpha value is -2.08. The van der Waals surface area contributed by atoms with Gasteiger partial charge in [-0.05, 0) is 45.0 Å². The summed E-state index contributed by atoms with van der Waals surface area (Å²) in [5, 5.41) is 5.46. The van der Waals surface area contributed by atoms with Crippen LogP contribution in [-0.2, 0) is 4.74 Å². The van der Waals surface area contributed by atoms with Crippen molar-refractivity contribution in [2.75, 3.05) is 12.4 Å². The van der Waals surface area contributed by atoms with Crippen molar-refractivity contribution >= 4 is 28.1 Å². The molecular formula is C15H18N2O3S. The minimum absolute atomic E-state index is 0.311. The van der Waals surface area contributed by atoms with Gasteiger partial charge in [0.1, 0.15) is 11.4 Å². The first-order chi connectivity index (χ1) is 9.87. The maximum atomic E-state index is 11.9. The molecule has 2 aromatic rings. The Morgan fingerprint density at radius 2 is 1.90 bits per heavy atom. The van der Waals surface area contributed by atoms with E-state index in [0.717, 1.165) is 11.4 Å². The Bertz CT molecular complexity index is 615. The first kappa shape index (κ1) is 15.3. The monoisotopic (exact) mass is 306 g/mol. The molecule has 0 aliphatic heterocycles. The number of aromatic nitrogens is 1. The number of carbonyl (C=O) groups is 1. The Kier molecular flexibility index (Phi) is 4.47. The van der Waals surface area contributed by atoms with Crippen LogP contribution in [0.2, 0.25) is 0 Å². The molecule has 1 N–H and O–H groups in total. The fourth-order valence-electron chi connectivity index (χ4n) is 1.55. The summed E-state index contributed by atoms with van der Waals surface area (Å²) in [6.45, 7) is 5.48. The second kappa shape index (κ2) is 6.13. The molecule has 1 heterocycles. The second-order valence-electron chi connectivity index (χ2n) is 5.39. The molecule has 0 fully saturated rings. The number of hydrogen-bond acceptors (Lipinski definition) is 6. The van der Waals surface area contributed by atoms with Crippen molar-refractivity contribution in [2.24, 2.45) is 0 Å². The number of ether oxygens (including phenoxy) is 2. The minimum Gasteiger partial charge on any atom is -0.497 e. The van der Waals surface area contributed by atoms with Gasteiger partial charge in [-0.3, -0.25) is 0 Å². The molecule has 5 nitrogen and oxygen atoms in total. The van der Waals surface area contributed by atoms with Crippen LogP contribution in [0.5, 0.6) is 5.75 Å². The van der Waals surface area contributed by atoms with Crippen LogP contribution in [0.25, 0.3) is 0 Å². The first-order valence-electron chi connectivity index (χ1n) is 6.47. The molecule has 0 radical (unpaired) electrons. The summed E-state index contributed by atoms with van der Waals surface area (Å²) in [6.07, 6.45) is 0. The van der Waals surface area contributed by atoms with Gasteiger partial charge in [0, 0.05) is 11.1 Å². The van der Waals surface area contributed by atoms with Crippen LogP contribution in [0.3, 0.4) is 0 Å². The molecule has 0 atom stereocenters. The number of nitrogens with one attached hydrogen (secondary N) is 1. The predicted molar refractivity (Wildman–Crippen MR) is 83.6 cm³/mol. The minimum atomic E-state index is -0.524. The summed E-state index contributed by atoms with van der Waals surface area (Å²) in [5.74, 6) is 0.371. The van der Waals surface area contributed by atoms with Crippen molar-refractivity contribution < 1.29 is 14.3 Å². The van der Waals surface area contributed by atoms with E-state index in [4.69, 9.17) is 9.47 Å². The fraction of sp³-hybridized carbons (Fsp3) is 0.333. The number of hydrogen-bond donors (Lipinski definition) is 1. The molecule has 0 aliphatic rings. The van der Waals surface area contributed by atoms with E-state index < -0.39 is 11.6 Å². The zero-order valence-corrected chi connectivity index (χ0v) is 13.3. The zero-order valence-electron chi connectivity index (χ0n) is 12.5. The third kappa shape index (κ3) is 4.46. The molecule has 0 amide bonds. The van der Waals surface area contributed by atoms with Crippen LogP contribution in [0.15, 0.2) is 29.6 Å². The molecule has 1 aromatic carbocycles. The topological polar surface area (TPSA) is 60.5 Å². The van der Waals surface area contributed by atoms with E-state index in [1.165, 1.54) is 11.3 Å². The van der Waals surface area contributed by atoms with Crippen molar-refractivity contribution in [3.63, 3.8) is 0 Å². The van der Waals surface area contributed by atoms with Gasteiger partial charge in [0.15, 0.2) is 10.8 Å². The van der Waals surface area contributed by atoms with Gasteiger partial charge in [0.25, 0.3) is 0 Å². The molecular weight excluding hydrogens is 288 g/mol. The predicted octanol–water partition coefficient (Wildman–Crippen LogP) is 3.85. The lowest BCUT2D eigenvalue weighted by atomic mass is 10.2. The highest BCUT2D eigenvalue weighted by Crippen LogP contribution is 2.23. The number of thiazole rings is 1. The number of anilines is 2. The summed E-state index contributed by atoms with van der Waals surface area (Å²) in [7, 11) is 1.62. The maximum absolute atomic E-state index is 11.9. The number of esters is 1. The molecule has 0 unspecified atom stereocenters. The molecule has 2 rings (SSSR count). The number of methoxy groups -OCH3 is 1. The Balaban J connectivity index is 2.04. The van der Waals surface area contributed by atoms with Crippen molar-refractivity contribution in [3.05, 3.63) is 35.3 Å². The van der Waals surface area contributed by atoms with Crippen LogP contribution in [0.4, 0.5) is 10.8 Å². The third-order valence-corrected chi connectivity index (χ3v) is 3.21. The summed E-state index contributed by atoms with van der Waals surface area (Å²) < 4.78 is 10.4. The lowest BCUT2D eigenvalue weighted by molar-refractivity contribution is 0.00638. The molecule has 0 bridgehead atoms. The smallest absolute Gasteiger partial charge is 0.358 e. The number of nitrogens with zero attached hydrogens (tertiary/aromatic N) is 1. The number of carbonyl (C=O) groups excluding carboxylic acids is 1. The SMILES string of the molecule is COc1ccc(Nc2nc(C(=O)OC(C)(C)C)cs2)cc1. The standard InChI is InChI=1S/C15H18N2O3S/c1-15(2,3)20-13(18)12-9-21-14(17-12)16-10-5-7-11(19-4)8-6-10/h5-9H,1-4H3,(H,16,17). The Morgan fingerprint density at radius 1 is 1.24 bits per heavy atom. The molecule has 0 saturated carbocycles. The molecule has 112 valence electrons. The average molecular weight is 306 g/mol. The lowest BCUT2D eigenvalue weighted by Gasteiger charge is -2.18. The quantitative estimate of drug-likeness (QED) is 0.869. The van der Waals surface area contributed by atoms with Gasteiger partial charge in [-0.15, -0.1) is 11.3 Å². The first-order valence-corrected chi connectivity index (χ1v) is 7.35. The normalized spacial score (nSPS) is 11.0. The van der Waals surface area contributed by atoms with Gasteiger partial charge >= 0.3 is 5.97 Å². The van der Waals surface area contributed by atoms with Gasteiger partial charge in [-0.2, -0.15) is 0 Å². The van der Waals surface area contributed by atoms with E-state index in [0.29, 0.717) is 10.8 Å². The zero-order chi connectivity index (χ0) is 15.5. The summed E-state index contributed by atoms with van der Waals surface area (Å²) >= 11 is 1.35. The maximum Gasteiger partial charge on any atom is 0.358 e. The van der Waals surface area contributed by atoms with E-state index in [1.807, 2.05) is 45.0 Å². The van der Waals surface area contributed by atoms with Crippen LogP contribution in [-0.4, -0.2) is 23.7 Å². The molecule has 6 heteroatoms. The van der Waals surface area contributed by atoms with Crippen LogP contribution in [0, 0.1) is 0 Å². The van der Waals surface area contributed by atoms with Gasteiger partial charge in [0.2, 0.25) is 0 Å². The van der Waals surface area contributed by atoms with Crippen molar-refractivity contribution in [3.8, 4) is 5.75 Å². The van der Waals surface area contributed by atoms with E-state index in [1.54, 1.807) is 12.5 Å². The summed E-state index contributed by atoms with van der Waals surface area (Å²) in [5.41, 5.74) is 0.663. The summed E-state index contributed by atoms with van der Waals surface area (Å²) in [4.78, 5) is 16.1. The number of benzene rings is 1. The van der Waals surface area contributed by atoms with E-state index in [9.17, 15) is 4.79 Å². The van der Waals surface area contributed by atoms with Gasteiger partial charge < -0.3 is 14.8 Å². The van der Waals surface area contributed by atoms with Gasteiger partial charge in [-0.25, -0.2) is 9.78 Å².